The van der Waals surface area contributed by atoms with Gasteiger partial charge in [0.1, 0.15) is 0 Å². The second-order valence-corrected chi connectivity index (χ2v) is 4.62. The minimum Gasteiger partial charge on any atom is -0.481 e. The minimum absolute atomic E-state index is 0.301. The lowest BCUT2D eigenvalue weighted by molar-refractivity contribution is -0.139. The van der Waals surface area contributed by atoms with E-state index in [1.54, 1.807) is 18.2 Å². The van der Waals surface area contributed by atoms with Gasteiger partial charge in [-0.2, -0.15) is 0 Å². The van der Waals surface area contributed by atoms with Gasteiger partial charge in [-0.25, -0.2) is 4.79 Å². The highest BCUT2D eigenvalue weighted by Crippen LogP contribution is 2.39. The lowest BCUT2D eigenvalue weighted by Gasteiger charge is -2.04. The molecule has 4 N–H and O–H groups in total. The Morgan fingerprint density at radius 3 is 2.63 bits per heavy atom. The molecule has 1 aromatic carbocycles. The Bertz CT molecular complexity index is 730. The number of imidazole rings is 1. The van der Waals surface area contributed by atoms with Crippen molar-refractivity contribution in [2.24, 2.45) is 11.8 Å². The maximum atomic E-state index is 11.8. The number of aromatic amines is 2. The highest BCUT2D eigenvalue weighted by atomic mass is 16.4. The number of rotatable bonds is 3. The molecule has 7 heteroatoms. The van der Waals surface area contributed by atoms with E-state index in [-0.39, 0.29) is 11.6 Å². The second-order valence-electron chi connectivity index (χ2n) is 4.62. The van der Waals surface area contributed by atoms with Gasteiger partial charge in [-0.15, -0.1) is 0 Å². The SMILES string of the molecule is O=C(O)[C@H]1C[C@H]1C(=O)Nc1ccc2[nH]c(=O)[nH]c2c1. The zero-order chi connectivity index (χ0) is 13.6. The lowest BCUT2D eigenvalue weighted by Crippen LogP contribution is -2.16. The fourth-order valence-corrected chi connectivity index (χ4v) is 2.10. The predicted molar refractivity (Wildman–Crippen MR) is 66.8 cm³/mol. The first kappa shape index (κ1) is 11.5. The van der Waals surface area contributed by atoms with Crippen molar-refractivity contribution >= 4 is 28.6 Å². The average Bonchev–Trinajstić information content (AvgIpc) is 3.06. The van der Waals surface area contributed by atoms with E-state index in [0.29, 0.717) is 23.1 Å². The third-order valence-electron chi connectivity index (χ3n) is 3.23. The molecule has 0 unspecified atom stereocenters. The molecule has 19 heavy (non-hydrogen) atoms. The van der Waals surface area contributed by atoms with Crippen molar-refractivity contribution in [3.05, 3.63) is 28.7 Å². The van der Waals surface area contributed by atoms with E-state index in [2.05, 4.69) is 15.3 Å². The Morgan fingerprint density at radius 2 is 1.95 bits per heavy atom. The highest BCUT2D eigenvalue weighted by molar-refractivity contribution is 5.99. The quantitative estimate of drug-likeness (QED) is 0.644. The number of aromatic nitrogens is 2. The second kappa shape index (κ2) is 3.98. The molecule has 1 amide bonds. The van der Waals surface area contributed by atoms with Crippen LogP contribution in [0, 0.1) is 11.8 Å². The first-order chi connectivity index (χ1) is 9.04. The van der Waals surface area contributed by atoms with Gasteiger partial charge in [-0.3, -0.25) is 9.59 Å². The molecular weight excluding hydrogens is 250 g/mol. The van der Waals surface area contributed by atoms with Gasteiger partial charge in [0, 0.05) is 5.69 Å². The summed E-state index contributed by atoms with van der Waals surface area (Å²) in [6.07, 6.45) is 0.379. The van der Waals surface area contributed by atoms with Crippen LogP contribution in [-0.4, -0.2) is 27.0 Å². The standard InChI is InChI=1S/C12H11N3O4/c16-10(6-4-7(6)11(17)18)13-5-1-2-8-9(3-5)15-12(19)14-8/h1-3,6-7H,4H2,(H,13,16)(H,17,18)(H2,14,15,19)/t6-,7+/m1/s1. The first-order valence-electron chi connectivity index (χ1n) is 5.80. The fourth-order valence-electron chi connectivity index (χ4n) is 2.10. The molecule has 0 aliphatic heterocycles. The average molecular weight is 261 g/mol. The summed E-state index contributed by atoms with van der Waals surface area (Å²) in [7, 11) is 0. The molecule has 2 aromatic rings. The molecule has 1 aliphatic rings. The van der Waals surface area contributed by atoms with Crippen LogP contribution in [0.5, 0.6) is 0 Å². The number of H-pyrrole nitrogens is 2. The zero-order valence-electron chi connectivity index (χ0n) is 9.77. The van der Waals surface area contributed by atoms with Gasteiger partial charge < -0.3 is 20.4 Å². The maximum Gasteiger partial charge on any atom is 0.323 e. The molecule has 1 fully saturated rings. The van der Waals surface area contributed by atoms with Crippen LogP contribution in [-0.2, 0) is 9.59 Å². The van der Waals surface area contributed by atoms with Crippen molar-refractivity contribution in [2.75, 3.05) is 5.32 Å². The molecular formula is C12H11N3O4. The lowest BCUT2D eigenvalue weighted by atomic mass is 10.2. The Balaban J connectivity index is 1.76. The monoisotopic (exact) mass is 261 g/mol. The number of nitrogens with one attached hydrogen (secondary N) is 3. The summed E-state index contributed by atoms with van der Waals surface area (Å²) in [5.41, 5.74) is 1.46. The first-order valence-corrected chi connectivity index (χ1v) is 5.80. The molecule has 2 atom stereocenters. The number of carbonyl (C=O) groups excluding carboxylic acids is 1. The minimum atomic E-state index is -0.939. The van der Waals surface area contributed by atoms with Crippen LogP contribution in [0.2, 0.25) is 0 Å². The number of aliphatic carboxylic acids is 1. The van der Waals surface area contributed by atoms with Gasteiger partial charge in [0.2, 0.25) is 5.91 Å². The number of anilines is 1. The van der Waals surface area contributed by atoms with Crippen molar-refractivity contribution in [3.8, 4) is 0 Å². The molecule has 3 rings (SSSR count). The van der Waals surface area contributed by atoms with E-state index in [0.717, 1.165) is 0 Å². The summed E-state index contributed by atoms with van der Waals surface area (Å²) in [4.78, 5) is 38.7. The molecule has 7 nitrogen and oxygen atoms in total. The van der Waals surface area contributed by atoms with E-state index >= 15 is 0 Å². The predicted octanol–water partition coefficient (Wildman–Crippen LogP) is 0.515. The maximum absolute atomic E-state index is 11.8. The van der Waals surface area contributed by atoms with Gasteiger partial charge in [-0.05, 0) is 24.6 Å². The van der Waals surface area contributed by atoms with Crippen LogP contribution in [0.1, 0.15) is 6.42 Å². The zero-order valence-corrected chi connectivity index (χ0v) is 9.77. The van der Waals surface area contributed by atoms with Crippen molar-refractivity contribution < 1.29 is 14.7 Å². The molecule has 1 aliphatic carbocycles. The van der Waals surface area contributed by atoms with E-state index in [9.17, 15) is 14.4 Å². The van der Waals surface area contributed by atoms with Gasteiger partial charge >= 0.3 is 11.7 Å². The summed E-state index contributed by atoms with van der Waals surface area (Å²) in [6, 6.07) is 4.95. The third-order valence-corrected chi connectivity index (χ3v) is 3.23. The number of hydrogen-bond donors (Lipinski definition) is 4. The molecule has 98 valence electrons. The van der Waals surface area contributed by atoms with Gasteiger partial charge in [0.15, 0.2) is 0 Å². The van der Waals surface area contributed by atoms with E-state index in [4.69, 9.17) is 5.11 Å². The summed E-state index contributed by atoms with van der Waals surface area (Å²) in [6.45, 7) is 0. The van der Waals surface area contributed by atoms with E-state index in [1.165, 1.54) is 0 Å². The summed E-state index contributed by atoms with van der Waals surface area (Å²) < 4.78 is 0. The van der Waals surface area contributed by atoms with Crippen LogP contribution < -0.4 is 11.0 Å². The molecule has 0 bridgehead atoms. The summed E-state index contributed by atoms with van der Waals surface area (Å²) >= 11 is 0. The van der Waals surface area contributed by atoms with E-state index < -0.39 is 17.8 Å². The van der Waals surface area contributed by atoms with Gasteiger partial charge in [-0.1, -0.05) is 0 Å². The number of benzene rings is 1. The van der Waals surface area contributed by atoms with Crippen LogP contribution in [0.15, 0.2) is 23.0 Å². The van der Waals surface area contributed by atoms with Crippen LogP contribution in [0.3, 0.4) is 0 Å². The number of amides is 1. The van der Waals surface area contributed by atoms with Crippen LogP contribution in [0.25, 0.3) is 11.0 Å². The van der Waals surface area contributed by atoms with Gasteiger partial charge in [0.25, 0.3) is 0 Å². The largest absolute Gasteiger partial charge is 0.481 e. The van der Waals surface area contributed by atoms with Crippen molar-refractivity contribution in [2.45, 2.75) is 6.42 Å². The molecule has 1 heterocycles. The number of carboxylic acid groups (broad SMARTS) is 1. The Kier molecular flexibility index (Phi) is 2.41. The fraction of sp³-hybridized carbons (Fsp3) is 0.250. The third kappa shape index (κ3) is 2.10. The topological polar surface area (TPSA) is 115 Å². The molecule has 1 aromatic heterocycles. The number of carbonyl (C=O) groups is 2. The molecule has 1 saturated carbocycles. The number of hydrogen-bond acceptors (Lipinski definition) is 3. The molecule has 0 spiro atoms. The summed E-state index contributed by atoms with van der Waals surface area (Å²) in [5, 5.41) is 11.4. The Hall–Kier alpha value is -2.57. The van der Waals surface area contributed by atoms with E-state index in [1.807, 2.05) is 0 Å². The molecule has 0 saturated heterocycles. The normalized spacial score (nSPS) is 21.3. The van der Waals surface area contributed by atoms with Crippen LogP contribution >= 0.6 is 0 Å². The van der Waals surface area contributed by atoms with Crippen LogP contribution in [0.4, 0.5) is 5.69 Å². The summed E-state index contributed by atoms with van der Waals surface area (Å²) in [5.74, 6) is -2.27. The van der Waals surface area contributed by atoms with Gasteiger partial charge in [0.05, 0.1) is 22.9 Å². The number of fused-ring (bicyclic) bond motifs is 1. The smallest absolute Gasteiger partial charge is 0.323 e. The Morgan fingerprint density at radius 1 is 1.21 bits per heavy atom. The van der Waals surface area contributed by atoms with Crippen molar-refractivity contribution in [3.63, 3.8) is 0 Å². The van der Waals surface area contributed by atoms with Crippen molar-refractivity contribution in [1.82, 2.24) is 9.97 Å². The van der Waals surface area contributed by atoms with Crippen molar-refractivity contribution in [1.29, 1.82) is 0 Å². The molecule has 0 radical (unpaired) electrons. The Labute approximate surface area is 106 Å². The number of carboxylic acids is 1. The highest BCUT2D eigenvalue weighted by Gasteiger charge is 2.48.